The molecule has 0 amide bonds. The van der Waals surface area contributed by atoms with Gasteiger partial charge in [-0.3, -0.25) is 10.1 Å². The van der Waals surface area contributed by atoms with Crippen molar-refractivity contribution in [1.82, 2.24) is 9.97 Å². The molecule has 13 heavy (non-hydrogen) atoms. The van der Waals surface area contributed by atoms with Gasteiger partial charge in [-0.1, -0.05) is 0 Å². The summed E-state index contributed by atoms with van der Waals surface area (Å²) in [6.07, 6.45) is 0.692. The molecular formula is C4HN3Na2O4. The molecule has 0 radical (unpaired) electrons. The smallest absolute Gasteiger partial charge is 0.854 e. The molecule has 0 unspecified atom stereocenters. The Morgan fingerprint density at radius 1 is 1.15 bits per heavy atom. The molecule has 1 aromatic rings. The number of aromatic nitrogens is 2. The summed E-state index contributed by atoms with van der Waals surface area (Å²) >= 11 is 0. The average molecular weight is 201 g/mol. The van der Waals surface area contributed by atoms with Crippen LogP contribution in [0.5, 0.6) is 11.8 Å². The molecule has 0 spiro atoms. The van der Waals surface area contributed by atoms with Crippen molar-refractivity contribution < 1.29 is 74.3 Å². The van der Waals surface area contributed by atoms with Crippen molar-refractivity contribution in [3.63, 3.8) is 0 Å². The molecule has 0 aliphatic heterocycles. The zero-order valence-electron chi connectivity index (χ0n) is 7.05. The van der Waals surface area contributed by atoms with Gasteiger partial charge >= 0.3 is 59.1 Å². The summed E-state index contributed by atoms with van der Waals surface area (Å²) in [6, 6.07) is 0. The molecule has 0 aliphatic carbocycles. The molecule has 0 aromatic carbocycles. The second-order valence-corrected chi connectivity index (χ2v) is 1.59. The van der Waals surface area contributed by atoms with Crippen LogP contribution in [-0.4, -0.2) is 14.9 Å². The van der Waals surface area contributed by atoms with Crippen LogP contribution in [0, 0.1) is 10.1 Å². The Kier molecular flexibility index (Phi) is 7.80. The second kappa shape index (κ2) is 6.52. The Bertz CT molecular complexity index is 287. The molecule has 0 fully saturated rings. The van der Waals surface area contributed by atoms with Crippen LogP contribution in [0.1, 0.15) is 0 Å². The quantitative estimate of drug-likeness (QED) is 0.253. The fourth-order valence-corrected chi connectivity index (χ4v) is 0.504. The predicted molar refractivity (Wildman–Crippen MR) is 27.6 cm³/mol. The van der Waals surface area contributed by atoms with E-state index in [1.165, 1.54) is 0 Å². The third-order valence-corrected chi connectivity index (χ3v) is 0.938. The van der Waals surface area contributed by atoms with Gasteiger partial charge in [-0.05, 0) is 0 Å². The van der Waals surface area contributed by atoms with Crippen molar-refractivity contribution in [3.8, 4) is 11.8 Å². The van der Waals surface area contributed by atoms with Gasteiger partial charge in [-0.2, -0.15) is 0 Å². The SMILES string of the molecule is O=[N+]([O-])c1c([O-])ncnc1[O-].[Na+].[Na+]. The molecule has 58 valence electrons. The zero-order chi connectivity index (χ0) is 8.43. The molecule has 1 rings (SSSR count). The number of hydrogen-bond donors (Lipinski definition) is 0. The fourth-order valence-electron chi connectivity index (χ4n) is 0.504. The minimum absolute atomic E-state index is 0. The van der Waals surface area contributed by atoms with Crippen LogP contribution >= 0.6 is 0 Å². The zero-order valence-corrected chi connectivity index (χ0v) is 11.1. The molecule has 1 heterocycles. The van der Waals surface area contributed by atoms with Crippen LogP contribution < -0.4 is 69.3 Å². The number of nitrogens with zero attached hydrogens (tertiary/aromatic N) is 3. The van der Waals surface area contributed by atoms with E-state index < -0.39 is 22.4 Å². The number of rotatable bonds is 1. The molecule has 1 aromatic heterocycles. The van der Waals surface area contributed by atoms with Gasteiger partial charge in [0.2, 0.25) is 0 Å². The van der Waals surface area contributed by atoms with Crippen molar-refractivity contribution in [2.24, 2.45) is 0 Å². The van der Waals surface area contributed by atoms with Crippen molar-refractivity contribution in [2.45, 2.75) is 0 Å². The van der Waals surface area contributed by atoms with Crippen molar-refractivity contribution in [2.75, 3.05) is 0 Å². The molecule has 0 bridgehead atoms. The van der Waals surface area contributed by atoms with Crippen LogP contribution in [0.25, 0.3) is 0 Å². The molecule has 0 saturated carbocycles. The third kappa shape index (κ3) is 3.75. The van der Waals surface area contributed by atoms with Gasteiger partial charge in [0.15, 0.2) is 0 Å². The summed E-state index contributed by atoms with van der Waals surface area (Å²) in [5, 5.41) is 30.9. The summed E-state index contributed by atoms with van der Waals surface area (Å²) in [4.78, 5) is 14.8. The van der Waals surface area contributed by atoms with Gasteiger partial charge in [0.1, 0.15) is 6.33 Å². The summed E-state index contributed by atoms with van der Waals surface area (Å²) in [7, 11) is 0. The van der Waals surface area contributed by atoms with Crippen LogP contribution in [-0.2, 0) is 0 Å². The van der Waals surface area contributed by atoms with Gasteiger partial charge in [-0.15, -0.1) is 0 Å². The van der Waals surface area contributed by atoms with Crippen molar-refractivity contribution in [3.05, 3.63) is 16.4 Å². The van der Waals surface area contributed by atoms with Crippen LogP contribution in [0.3, 0.4) is 0 Å². The van der Waals surface area contributed by atoms with Gasteiger partial charge in [0, 0.05) is 0 Å². The van der Waals surface area contributed by atoms with Gasteiger partial charge in [0.25, 0.3) is 5.69 Å². The molecule has 9 heteroatoms. The summed E-state index contributed by atoms with van der Waals surface area (Å²) in [5.74, 6) is -2.31. The van der Waals surface area contributed by atoms with E-state index in [9.17, 15) is 20.3 Å². The van der Waals surface area contributed by atoms with Crippen LogP contribution in [0.4, 0.5) is 5.69 Å². The Balaban J connectivity index is 0. The molecule has 0 saturated heterocycles. The van der Waals surface area contributed by atoms with E-state index in [1.54, 1.807) is 0 Å². The maximum absolute atomic E-state index is 10.5. The standard InChI is InChI=1S/C4H3N3O4.2Na/c8-3-2(7(10)11)4(9)6-1-5-3;;/h1H,(H2,5,6,8,9);;/q;2*+1/p-2. The first-order chi connectivity index (χ1) is 5.13. The largest absolute Gasteiger partial charge is 1.00 e. The third-order valence-electron chi connectivity index (χ3n) is 0.938. The van der Waals surface area contributed by atoms with Crippen molar-refractivity contribution in [1.29, 1.82) is 0 Å². The maximum atomic E-state index is 10.5. The molecule has 0 aliphatic rings. The Labute approximate surface area is 117 Å². The molecular weight excluding hydrogens is 200 g/mol. The first-order valence-electron chi connectivity index (χ1n) is 2.46. The first kappa shape index (κ1) is 15.5. The molecule has 0 N–H and O–H groups in total. The van der Waals surface area contributed by atoms with Gasteiger partial charge in [0.05, 0.1) is 16.7 Å². The summed E-state index contributed by atoms with van der Waals surface area (Å²) in [5.41, 5.74) is -1.10. The summed E-state index contributed by atoms with van der Waals surface area (Å²) < 4.78 is 0. The predicted octanol–water partition coefficient (Wildman–Crippen LogP) is -7.46. The minimum Gasteiger partial charge on any atom is -0.854 e. The van der Waals surface area contributed by atoms with E-state index in [2.05, 4.69) is 9.97 Å². The topological polar surface area (TPSA) is 115 Å². The number of nitro groups is 1. The Hall–Kier alpha value is 0.0800. The van der Waals surface area contributed by atoms with E-state index in [0.717, 1.165) is 0 Å². The molecule has 7 nitrogen and oxygen atoms in total. The average Bonchev–Trinajstić information content (AvgIpc) is 1.85. The normalized spacial score (nSPS) is 8.00. The van der Waals surface area contributed by atoms with E-state index >= 15 is 0 Å². The Morgan fingerprint density at radius 3 is 1.77 bits per heavy atom. The van der Waals surface area contributed by atoms with E-state index in [-0.39, 0.29) is 59.1 Å². The summed E-state index contributed by atoms with van der Waals surface area (Å²) in [6.45, 7) is 0. The van der Waals surface area contributed by atoms with E-state index in [4.69, 9.17) is 0 Å². The Morgan fingerprint density at radius 2 is 1.54 bits per heavy atom. The van der Waals surface area contributed by atoms with E-state index in [0.29, 0.717) is 6.33 Å². The first-order valence-corrected chi connectivity index (χ1v) is 2.46. The monoisotopic (exact) mass is 201 g/mol. The fraction of sp³-hybridized carbons (Fsp3) is 0. The maximum Gasteiger partial charge on any atom is 1.00 e. The van der Waals surface area contributed by atoms with Crippen LogP contribution in [0.2, 0.25) is 0 Å². The van der Waals surface area contributed by atoms with Crippen LogP contribution in [0.15, 0.2) is 6.33 Å². The van der Waals surface area contributed by atoms with E-state index in [1.807, 2.05) is 0 Å². The molecule has 0 atom stereocenters. The van der Waals surface area contributed by atoms with Gasteiger partial charge < -0.3 is 10.2 Å². The van der Waals surface area contributed by atoms with Gasteiger partial charge in [-0.25, -0.2) is 9.97 Å². The minimum atomic E-state index is -1.16. The number of hydrogen-bond acceptors (Lipinski definition) is 6. The second-order valence-electron chi connectivity index (χ2n) is 1.59. The van der Waals surface area contributed by atoms with Crippen molar-refractivity contribution >= 4 is 5.69 Å².